The second-order valence-corrected chi connectivity index (χ2v) is 7.82. The van der Waals surface area contributed by atoms with Crippen LogP contribution >= 0.6 is 0 Å². The first kappa shape index (κ1) is 21.1. The molecule has 6 heteroatoms. The third kappa shape index (κ3) is 5.94. The Balaban J connectivity index is 1.35. The third-order valence-corrected chi connectivity index (χ3v) is 5.43. The lowest BCUT2D eigenvalue weighted by Gasteiger charge is -2.37. The minimum atomic E-state index is -0.270. The molecular weight excluding hydrogens is 367 g/mol. The number of carbonyl (C=O) groups excluding carboxylic acids is 1. The predicted octanol–water partition coefficient (Wildman–Crippen LogP) is 4.08. The SMILES string of the molecule is Cc1ccc(C)c(N2CCN(CCCNC(=O)Nc3ccc(F)c(C)c3)CC2)c1. The summed E-state index contributed by atoms with van der Waals surface area (Å²) < 4.78 is 13.3. The monoisotopic (exact) mass is 398 g/mol. The fourth-order valence-corrected chi connectivity index (χ4v) is 3.67. The van der Waals surface area contributed by atoms with E-state index in [1.807, 2.05) is 0 Å². The van der Waals surface area contributed by atoms with Crippen LogP contribution in [-0.4, -0.2) is 50.2 Å². The van der Waals surface area contributed by atoms with Gasteiger partial charge in [0, 0.05) is 44.1 Å². The van der Waals surface area contributed by atoms with E-state index in [1.54, 1.807) is 19.1 Å². The normalized spacial score (nSPS) is 14.7. The van der Waals surface area contributed by atoms with Gasteiger partial charge >= 0.3 is 6.03 Å². The van der Waals surface area contributed by atoms with E-state index in [-0.39, 0.29) is 11.8 Å². The lowest BCUT2D eigenvalue weighted by molar-refractivity contribution is 0.244. The number of carbonyl (C=O) groups is 1. The largest absolute Gasteiger partial charge is 0.369 e. The maximum atomic E-state index is 13.3. The molecule has 1 saturated heterocycles. The minimum absolute atomic E-state index is 0.254. The number of anilines is 2. The molecule has 0 saturated carbocycles. The first-order valence-electron chi connectivity index (χ1n) is 10.3. The molecule has 2 aromatic carbocycles. The van der Waals surface area contributed by atoms with Gasteiger partial charge in [0.25, 0.3) is 0 Å². The zero-order valence-electron chi connectivity index (χ0n) is 17.6. The highest BCUT2D eigenvalue weighted by Crippen LogP contribution is 2.22. The molecule has 0 bridgehead atoms. The molecule has 0 atom stereocenters. The summed E-state index contributed by atoms with van der Waals surface area (Å²) in [5.74, 6) is -0.270. The number of aryl methyl sites for hydroxylation is 3. The molecule has 1 fully saturated rings. The quantitative estimate of drug-likeness (QED) is 0.721. The van der Waals surface area contributed by atoms with Gasteiger partial charge in [0.05, 0.1) is 0 Å². The maximum absolute atomic E-state index is 13.3. The van der Waals surface area contributed by atoms with Crippen molar-refractivity contribution in [1.82, 2.24) is 10.2 Å². The summed E-state index contributed by atoms with van der Waals surface area (Å²) in [6.07, 6.45) is 0.902. The fourth-order valence-electron chi connectivity index (χ4n) is 3.67. The first-order valence-corrected chi connectivity index (χ1v) is 10.3. The third-order valence-electron chi connectivity index (χ3n) is 5.43. The van der Waals surface area contributed by atoms with Gasteiger partial charge in [-0.2, -0.15) is 0 Å². The number of urea groups is 1. The van der Waals surface area contributed by atoms with Gasteiger partial charge in [-0.15, -0.1) is 0 Å². The number of hydrogen-bond acceptors (Lipinski definition) is 3. The maximum Gasteiger partial charge on any atom is 0.319 e. The molecule has 2 N–H and O–H groups in total. The molecule has 5 nitrogen and oxygen atoms in total. The second kappa shape index (κ2) is 9.74. The summed E-state index contributed by atoms with van der Waals surface area (Å²) in [6.45, 7) is 11.7. The summed E-state index contributed by atoms with van der Waals surface area (Å²) in [6, 6.07) is 10.9. The fraction of sp³-hybridized carbons (Fsp3) is 0.435. The topological polar surface area (TPSA) is 47.6 Å². The van der Waals surface area contributed by atoms with Crippen molar-refractivity contribution >= 4 is 17.4 Å². The molecule has 0 aliphatic carbocycles. The van der Waals surface area contributed by atoms with Crippen LogP contribution in [0.1, 0.15) is 23.1 Å². The van der Waals surface area contributed by atoms with E-state index in [0.29, 0.717) is 17.8 Å². The first-order chi connectivity index (χ1) is 13.9. The van der Waals surface area contributed by atoms with Crippen molar-refractivity contribution in [3.05, 3.63) is 58.9 Å². The molecule has 1 aliphatic heterocycles. The molecule has 156 valence electrons. The highest BCUT2D eigenvalue weighted by molar-refractivity contribution is 5.89. The van der Waals surface area contributed by atoms with Crippen LogP contribution in [0.5, 0.6) is 0 Å². The van der Waals surface area contributed by atoms with Crippen LogP contribution in [-0.2, 0) is 0 Å². The lowest BCUT2D eigenvalue weighted by atomic mass is 10.1. The summed E-state index contributed by atoms with van der Waals surface area (Å²) >= 11 is 0. The Bertz CT molecular complexity index is 847. The van der Waals surface area contributed by atoms with E-state index in [1.165, 1.54) is 22.9 Å². The van der Waals surface area contributed by atoms with E-state index in [2.05, 4.69) is 52.5 Å². The van der Waals surface area contributed by atoms with Crippen LogP contribution in [0.3, 0.4) is 0 Å². The molecule has 2 amide bonds. The zero-order valence-corrected chi connectivity index (χ0v) is 17.6. The van der Waals surface area contributed by atoms with Crippen molar-refractivity contribution in [2.75, 3.05) is 49.5 Å². The van der Waals surface area contributed by atoms with Gasteiger partial charge < -0.3 is 15.5 Å². The average Bonchev–Trinajstić information content (AvgIpc) is 2.70. The highest BCUT2D eigenvalue weighted by Gasteiger charge is 2.18. The van der Waals surface area contributed by atoms with E-state index < -0.39 is 0 Å². The van der Waals surface area contributed by atoms with Crippen LogP contribution in [0.25, 0.3) is 0 Å². The van der Waals surface area contributed by atoms with Crippen molar-refractivity contribution < 1.29 is 9.18 Å². The molecule has 0 radical (unpaired) electrons. The summed E-state index contributed by atoms with van der Waals surface area (Å²) in [5.41, 5.74) is 5.09. The average molecular weight is 399 g/mol. The van der Waals surface area contributed by atoms with Crippen LogP contribution < -0.4 is 15.5 Å². The standard InChI is InChI=1S/C23H31FN4O/c1-17-5-6-18(2)22(15-17)28-13-11-27(12-14-28)10-4-9-25-23(29)26-20-7-8-21(24)19(3)16-20/h5-8,15-16H,4,9-14H2,1-3H3,(H2,25,26,29). The Morgan fingerprint density at radius 3 is 2.48 bits per heavy atom. The van der Waals surface area contributed by atoms with Gasteiger partial charge in [-0.25, -0.2) is 9.18 Å². The van der Waals surface area contributed by atoms with Crippen molar-refractivity contribution in [2.45, 2.75) is 27.2 Å². The van der Waals surface area contributed by atoms with Crippen molar-refractivity contribution in [3.63, 3.8) is 0 Å². The zero-order chi connectivity index (χ0) is 20.8. The molecule has 3 rings (SSSR count). The van der Waals surface area contributed by atoms with Crippen LogP contribution in [0.4, 0.5) is 20.6 Å². The number of nitrogens with zero attached hydrogens (tertiary/aromatic N) is 2. The number of halogens is 1. The van der Waals surface area contributed by atoms with Gasteiger partial charge in [-0.3, -0.25) is 4.90 Å². The van der Waals surface area contributed by atoms with Crippen LogP contribution in [0.15, 0.2) is 36.4 Å². The Kier molecular flexibility index (Phi) is 7.09. The van der Waals surface area contributed by atoms with Crippen molar-refractivity contribution in [3.8, 4) is 0 Å². The lowest BCUT2D eigenvalue weighted by Crippen LogP contribution is -2.47. The van der Waals surface area contributed by atoms with E-state index >= 15 is 0 Å². The van der Waals surface area contributed by atoms with Crippen molar-refractivity contribution in [2.24, 2.45) is 0 Å². The molecule has 0 aromatic heterocycles. The molecule has 2 aromatic rings. The highest BCUT2D eigenvalue weighted by atomic mass is 19.1. The molecular formula is C23H31FN4O. The Hall–Kier alpha value is -2.60. The van der Waals surface area contributed by atoms with Gasteiger partial charge in [-0.05, 0) is 74.7 Å². The predicted molar refractivity (Wildman–Crippen MR) is 117 cm³/mol. The van der Waals surface area contributed by atoms with Crippen LogP contribution in [0, 0.1) is 26.6 Å². The van der Waals surface area contributed by atoms with Gasteiger partial charge in [0.2, 0.25) is 0 Å². The van der Waals surface area contributed by atoms with Gasteiger partial charge in [0.1, 0.15) is 5.82 Å². The number of rotatable bonds is 6. The minimum Gasteiger partial charge on any atom is -0.369 e. The summed E-state index contributed by atoms with van der Waals surface area (Å²) in [4.78, 5) is 16.9. The smallest absolute Gasteiger partial charge is 0.319 e. The second-order valence-electron chi connectivity index (χ2n) is 7.82. The molecule has 29 heavy (non-hydrogen) atoms. The summed E-state index contributed by atoms with van der Waals surface area (Å²) in [5, 5.41) is 5.62. The molecule has 0 spiro atoms. The van der Waals surface area contributed by atoms with E-state index in [0.717, 1.165) is 39.1 Å². The molecule has 1 aliphatic rings. The Morgan fingerprint density at radius 2 is 1.76 bits per heavy atom. The van der Waals surface area contributed by atoms with Crippen LogP contribution in [0.2, 0.25) is 0 Å². The van der Waals surface area contributed by atoms with E-state index in [9.17, 15) is 9.18 Å². The number of amides is 2. The summed E-state index contributed by atoms with van der Waals surface area (Å²) in [7, 11) is 0. The van der Waals surface area contributed by atoms with Crippen molar-refractivity contribution in [1.29, 1.82) is 0 Å². The Labute approximate surface area is 172 Å². The number of benzene rings is 2. The number of nitrogens with one attached hydrogen (secondary N) is 2. The Morgan fingerprint density at radius 1 is 1.00 bits per heavy atom. The molecule has 1 heterocycles. The number of piperazine rings is 1. The van der Waals surface area contributed by atoms with Gasteiger partial charge in [0.15, 0.2) is 0 Å². The van der Waals surface area contributed by atoms with E-state index in [4.69, 9.17) is 0 Å². The molecule has 0 unspecified atom stereocenters. The van der Waals surface area contributed by atoms with Gasteiger partial charge in [-0.1, -0.05) is 12.1 Å². The number of hydrogen-bond donors (Lipinski definition) is 2.